The van der Waals surface area contributed by atoms with Gasteiger partial charge in [-0.05, 0) is 30.5 Å². The van der Waals surface area contributed by atoms with Crippen molar-refractivity contribution < 1.29 is 14.3 Å². The van der Waals surface area contributed by atoms with Crippen LogP contribution in [0.1, 0.15) is 41.1 Å². The summed E-state index contributed by atoms with van der Waals surface area (Å²) in [5.41, 5.74) is 9.25. The lowest BCUT2D eigenvalue weighted by atomic mass is 9.76. The third-order valence-corrected chi connectivity index (χ3v) is 4.83. The molecule has 1 aliphatic carbocycles. The van der Waals surface area contributed by atoms with E-state index >= 15 is 0 Å². The van der Waals surface area contributed by atoms with Crippen LogP contribution in [0.25, 0.3) is 0 Å². The maximum atomic E-state index is 12.6. The Labute approximate surface area is 146 Å². The number of hydrogen-bond donors (Lipinski definition) is 1. The number of nitrogens with two attached hydrogens (primary N) is 1. The molecule has 1 aromatic carbocycles. The zero-order valence-electron chi connectivity index (χ0n) is 14.2. The first kappa shape index (κ1) is 16.8. The van der Waals surface area contributed by atoms with Gasteiger partial charge in [0.1, 0.15) is 5.82 Å². The van der Waals surface area contributed by atoms with E-state index in [1.807, 2.05) is 0 Å². The van der Waals surface area contributed by atoms with E-state index in [-0.39, 0.29) is 5.78 Å². The first-order valence-corrected chi connectivity index (χ1v) is 8.07. The van der Waals surface area contributed by atoms with Crippen LogP contribution in [0.4, 0.5) is 0 Å². The van der Waals surface area contributed by atoms with Crippen molar-refractivity contribution >= 4 is 11.8 Å². The average molecular weight is 337 g/mol. The maximum Gasteiger partial charge on any atom is 0.337 e. The Balaban J connectivity index is 2.13. The van der Waals surface area contributed by atoms with E-state index in [4.69, 9.17) is 10.5 Å². The zero-order chi connectivity index (χ0) is 18.1. The molecule has 0 fully saturated rings. The summed E-state index contributed by atoms with van der Waals surface area (Å²) in [4.78, 5) is 26.0. The van der Waals surface area contributed by atoms with Crippen molar-refractivity contribution in [2.24, 2.45) is 5.73 Å². The number of ketones is 1. The van der Waals surface area contributed by atoms with Crippen LogP contribution in [0.2, 0.25) is 0 Å². The molecule has 0 spiro atoms. The molecule has 0 bridgehead atoms. The zero-order valence-corrected chi connectivity index (χ0v) is 14.2. The summed E-state index contributed by atoms with van der Waals surface area (Å²) in [5, 5.41) is 9.65. The van der Waals surface area contributed by atoms with Crippen molar-refractivity contribution in [1.29, 1.82) is 5.26 Å². The van der Waals surface area contributed by atoms with E-state index in [9.17, 15) is 14.9 Å². The highest BCUT2D eigenvalue weighted by Crippen LogP contribution is 2.43. The van der Waals surface area contributed by atoms with Crippen molar-refractivity contribution in [3.8, 4) is 6.07 Å². The molecule has 0 aromatic heterocycles. The molecule has 0 saturated heterocycles. The van der Waals surface area contributed by atoms with Gasteiger partial charge in [-0.1, -0.05) is 12.1 Å². The number of Topliss-reactive ketones (excluding diaryl/α,β-unsaturated/α-hetero) is 1. The first-order valence-electron chi connectivity index (χ1n) is 8.07. The third-order valence-electron chi connectivity index (χ3n) is 4.83. The monoisotopic (exact) mass is 337 g/mol. The van der Waals surface area contributed by atoms with Gasteiger partial charge in [0, 0.05) is 24.7 Å². The highest BCUT2D eigenvalue weighted by atomic mass is 16.5. The number of benzene rings is 1. The minimum absolute atomic E-state index is 0.0513. The molecular weight excluding hydrogens is 318 g/mol. The minimum Gasteiger partial charge on any atom is -0.465 e. The molecule has 3 rings (SSSR count). The molecule has 1 aliphatic heterocycles. The van der Waals surface area contributed by atoms with E-state index in [1.54, 1.807) is 36.2 Å². The highest BCUT2D eigenvalue weighted by molar-refractivity contribution is 6.00. The lowest BCUT2D eigenvalue weighted by Gasteiger charge is -2.37. The van der Waals surface area contributed by atoms with Crippen LogP contribution in [0.3, 0.4) is 0 Å². The summed E-state index contributed by atoms with van der Waals surface area (Å²) in [5.74, 6) is -0.497. The molecule has 1 aromatic rings. The van der Waals surface area contributed by atoms with Gasteiger partial charge in [-0.15, -0.1) is 0 Å². The van der Waals surface area contributed by atoms with Gasteiger partial charge in [0.2, 0.25) is 0 Å². The highest BCUT2D eigenvalue weighted by Gasteiger charge is 2.38. The predicted molar refractivity (Wildman–Crippen MR) is 91.0 cm³/mol. The summed E-state index contributed by atoms with van der Waals surface area (Å²) < 4.78 is 4.71. The average Bonchev–Trinajstić information content (AvgIpc) is 2.64. The number of carbonyl (C=O) groups is 2. The standard InChI is InChI=1S/C19H19N3O3/c1-22-14-4-3-5-15(23)17(14)16(13(10-20)18(22)21)11-6-8-12(9-7-11)19(24)25-2/h6-9,16H,3-5,21H2,1-2H3/t16-/m1/s1. The second-order valence-electron chi connectivity index (χ2n) is 6.15. The maximum absolute atomic E-state index is 12.6. The number of methoxy groups -OCH3 is 1. The fourth-order valence-electron chi connectivity index (χ4n) is 3.53. The Kier molecular flexibility index (Phi) is 4.32. The molecule has 128 valence electrons. The number of nitriles is 1. The smallest absolute Gasteiger partial charge is 0.337 e. The molecule has 1 heterocycles. The normalized spacial score (nSPS) is 20.3. The summed E-state index contributed by atoms with van der Waals surface area (Å²) in [6.45, 7) is 0. The van der Waals surface area contributed by atoms with Crippen molar-refractivity contribution in [2.45, 2.75) is 25.2 Å². The van der Waals surface area contributed by atoms with Crippen molar-refractivity contribution in [1.82, 2.24) is 4.90 Å². The van der Waals surface area contributed by atoms with E-state index < -0.39 is 11.9 Å². The predicted octanol–water partition coefficient (Wildman–Crippen LogP) is 2.20. The molecule has 2 N–H and O–H groups in total. The Morgan fingerprint density at radius 1 is 1.32 bits per heavy atom. The van der Waals surface area contributed by atoms with E-state index in [0.717, 1.165) is 24.1 Å². The van der Waals surface area contributed by atoms with Crippen LogP contribution in [0.5, 0.6) is 0 Å². The number of nitrogens with zero attached hydrogens (tertiary/aromatic N) is 2. The van der Waals surface area contributed by atoms with Crippen molar-refractivity contribution in [3.63, 3.8) is 0 Å². The van der Waals surface area contributed by atoms with Crippen LogP contribution in [0, 0.1) is 11.3 Å². The number of allylic oxidation sites excluding steroid dienone is 3. The second kappa shape index (κ2) is 6.44. The second-order valence-corrected chi connectivity index (χ2v) is 6.15. The van der Waals surface area contributed by atoms with Crippen LogP contribution in [-0.4, -0.2) is 30.8 Å². The fourth-order valence-corrected chi connectivity index (χ4v) is 3.53. The molecule has 25 heavy (non-hydrogen) atoms. The van der Waals surface area contributed by atoms with Gasteiger partial charge >= 0.3 is 5.97 Å². The van der Waals surface area contributed by atoms with Gasteiger partial charge in [-0.25, -0.2) is 4.79 Å². The Hall–Kier alpha value is -3.07. The number of esters is 1. The lowest BCUT2D eigenvalue weighted by Crippen LogP contribution is -2.36. The van der Waals surface area contributed by atoms with E-state index in [2.05, 4.69) is 6.07 Å². The number of hydrogen-bond acceptors (Lipinski definition) is 6. The minimum atomic E-state index is -0.490. The Bertz CT molecular complexity index is 844. The summed E-state index contributed by atoms with van der Waals surface area (Å²) in [7, 11) is 3.11. The van der Waals surface area contributed by atoms with E-state index in [0.29, 0.717) is 29.0 Å². The van der Waals surface area contributed by atoms with Gasteiger partial charge in [0.15, 0.2) is 5.78 Å². The van der Waals surface area contributed by atoms with Crippen molar-refractivity contribution in [2.75, 3.05) is 14.2 Å². The molecule has 6 heteroatoms. The SMILES string of the molecule is COC(=O)c1ccc([C@@H]2C(C#N)=C(N)N(C)C3=C2C(=O)CCC3)cc1. The topological polar surface area (TPSA) is 96.4 Å². The van der Waals surface area contributed by atoms with E-state index in [1.165, 1.54) is 7.11 Å². The summed E-state index contributed by atoms with van der Waals surface area (Å²) in [6.07, 6.45) is 2.01. The van der Waals surface area contributed by atoms with Gasteiger partial charge in [-0.2, -0.15) is 5.26 Å². The Morgan fingerprint density at radius 2 is 2.00 bits per heavy atom. The fraction of sp³-hybridized carbons (Fsp3) is 0.316. The number of carbonyl (C=O) groups excluding carboxylic acids is 2. The largest absolute Gasteiger partial charge is 0.465 e. The molecular formula is C19H19N3O3. The summed E-state index contributed by atoms with van der Waals surface area (Å²) in [6, 6.07) is 8.94. The van der Waals surface area contributed by atoms with Gasteiger partial charge in [-0.3, -0.25) is 4.79 Å². The quantitative estimate of drug-likeness (QED) is 0.831. The lowest BCUT2D eigenvalue weighted by molar-refractivity contribution is -0.116. The molecule has 2 aliphatic rings. The third kappa shape index (κ3) is 2.68. The molecule has 0 saturated carbocycles. The van der Waals surface area contributed by atoms with Crippen LogP contribution < -0.4 is 5.73 Å². The van der Waals surface area contributed by atoms with Crippen LogP contribution in [-0.2, 0) is 9.53 Å². The van der Waals surface area contributed by atoms with Crippen molar-refractivity contribution in [3.05, 3.63) is 58.1 Å². The van der Waals surface area contributed by atoms with Crippen LogP contribution >= 0.6 is 0 Å². The molecule has 0 amide bonds. The molecule has 6 nitrogen and oxygen atoms in total. The summed E-state index contributed by atoms with van der Waals surface area (Å²) >= 11 is 0. The van der Waals surface area contributed by atoms with Gasteiger partial charge in [0.25, 0.3) is 0 Å². The number of ether oxygens (including phenoxy) is 1. The molecule has 1 atom stereocenters. The molecule has 0 unspecified atom stereocenters. The Morgan fingerprint density at radius 3 is 2.60 bits per heavy atom. The van der Waals surface area contributed by atoms with Gasteiger partial charge in [0.05, 0.1) is 30.2 Å². The molecule has 0 radical (unpaired) electrons. The van der Waals surface area contributed by atoms with Gasteiger partial charge < -0.3 is 15.4 Å². The first-order chi connectivity index (χ1) is 12.0. The number of rotatable bonds is 2. The van der Waals surface area contributed by atoms with Crippen LogP contribution in [0.15, 0.2) is 46.9 Å².